The second kappa shape index (κ2) is 4.23. The first-order chi connectivity index (χ1) is 10.9. The molecular formula is C21H17N. The molecule has 0 saturated heterocycles. The normalized spacial score (nSPS) is 12.8. The van der Waals surface area contributed by atoms with E-state index in [1.807, 2.05) is 0 Å². The summed E-state index contributed by atoms with van der Waals surface area (Å²) >= 11 is 0. The molecule has 0 saturated carbocycles. The zero-order valence-electron chi connectivity index (χ0n) is 12.6. The summed E-state index contributed by atoms with van der Waals surface area (Å²) in [5.41, 5.74) is 8.51. The van der Waals surface area contributed by atoms with Crippen LogP contribution in [0, 0.1) is 0 Å². The number of fused-ring (bicyclic) bond motifs is 7. The Labute approximate surface area is 129 Å². The highest BCUT2D eigenvalue weighted by Gasteiger charge is 2.22. The van der Waals surface area contributed by atoms with Crippen LogP contribution in [0.2, 0.25) is 0 Å². The molecule has 4 aromatic rings. The van der Waals surface area contributed by atoms with Crippen LogP contribution in [0.3, 0.4) is 0 Å². The van der Waals surface area contributed by atoms with E-state index in [-0.39, 0.29) is 0 Å². The summed E-state index contributed by atoms with van der Waals surface area (Å²) in [6.45, 7) is 3.24. The van der Waals surface area contributed by atoms with Gasteiger partial charge in [-0.1, -0.05) is 48.5 Å². The lowest BCUT2D eigenvalue weighted by molar-refractivity contribution is 0.827. The number of aromatic nitrogens is 1. The van der Waals surface area contributed by atoms with E-state index in [9.17, 15) is 0 Å². The van der Waals surface area contributed by atoms with Crippen LogP contribution < -0.4 is 0 Å². The second-order valence-corrected chi connectivity index (χ2v) is 6.08. The Morgan fingerprint density at radius 1 is 0.818 bits per heavy atom. The zero-order chi connectivity index (χ0) is 14.7. The molecule has 0 atom stereocenters. The molecule has 22 heavy (non-hydrogen) atoms. The fourth-order valence-corrected chi connectivity index (χ4v) is 4.12. The molecule has 0 radical (unpaired) electrons. The van der Waals surface area contributed by atoms with Gasteiger partial charge in [0.1, 0.15) is 0 Å². The van der Waals surface area contributed by atoms with Gasteiger partial charge in [-0.3, -0.25) is 0 Å². The van der Waals surface area contributed by atoms with Gasteiger partial charge in [-0.05, 0) is 47.7 Å². The Balaban J connectivity index is 1.97. The molecule has 0 fully saturated rings. The molecule has 0 amide bonds. The van der Waals surface area contributed by atoms with Crippen LogP contribution in [-0.4, -0.2) is 4.57 Å². The molecule has 0 bridgehead atoms. The quantitative estimate of drug-likeness (QED) is 0.389. The van der Waals surface area contributed by atoms with Crippen molar-refractivity contribution in [2.45, 2.75) is 19.9 Å². The Morgan fingerprint density at radius 3 is 2.55 bits per heavy atom. The Morgan fingerprint density at radius 2 is 1.64 bits per heavy atom. The lowest BCUT2D eigenvalue weighted by Gasteiger charge is -2.05. The molecular weight excluding hydrogens is 266 g/mol. The molecule has 1 nitrogen and oxygen atoms in total. The van der Waals surface area contributed by atoms with Crippen LogP contribution in [0.4, 0.5) is 0 Å². The zero-order valence-corrected chi connectivity index (χ0v) is 12.6. The van der Waals surface area contributed by atoms with Crippen LogP contribution in [0.1, 0.15) is 18.1 Å². The molecule has 0 aliphatic heterocycles. The molecule has 1 heterocycles. The lowest BCUT2D eigenvalue weighted by Crippen LogP contribution is -1.93. The highest BCUT2D eigenvalue weighted by atomic mass is 15.0. The Bertz CT molecular complexity index is 1040. The average Bonchev–Trinajstić information content (AvgIpc) is 3.09. The first kappa shape index (κ1) is 12.0. The molecule has 1 aliphatic rings. The number of benzene rings is 3. The smallest absolute Gasteiger partial charge is 0.0494 e. The third kappa shape index (κ3) is 1.38. The van der Waals surface area contributed by atoms with Gasteiger partial charge in [-0.2, -0.15) is 0 Å². The van der Waals surface area contributed by atoms with E-state index in [0.29, 0.717) is 0 Å². The second-order valence-electron chi connectivity index (χ2n) is 6.08. The summed E-state index contributed by atoms with van der Waals surface area (Å²) in [6, 6.07) is 22.2. The topological polar surface area (TPSA) is 4.93 Å². The number of nitrogens with zero attached hydrogens (tertiary/aromatic N) is 1. The largest absolute Gasteiger partial charge is 0.341 e. The molecule has 0 spiro atoms. The molecule has 106 valence electrons. The van der Waals surface area contributed by atoms with Crippen molar-refractivity contribution in [1.82, 2.24) is 4.57 Å². The SMILES string of the molecule is CCn1c2ccccc2c2c3c(ccc21)-c1ccccc1C3. The number of rotatable bonds is 1. The van der Waals surface area contributed by atoms with Crippen molar-refractivity contribution in [3.63, 3.8) is 0 Å². The van der Waals surface area contributed by atoms with Crippen molar-refractivity contribution in [2.24, 2.45) is 0 Å². The minimum absolute atomic E-state index is 1.01. The monoisotopic (exact) mass is 283 g/mol. The van der Waals surface area contributed by atoms with Gasteiger partial charge in [0.2, 0.25) is 0 Å². The summed E-state index contributed by atoms with van der Waals surface area (Å²) < 4.78 is 2.44. The highest BCUT2D eigenvalue weighted by molar-refractivity contribution is 6.12. The third-order valence-electron chi connectivity index (χ3n) is 5.04. The molecule has 1 aliphatic carbocycles. The summed E-state index contributed by atoms with van der Waals surface area (Å²) in [5, 5.41) is 2.84. The van der Waals surface area contributed by atoms with E-state index >= 15 is 0 Å². The average molecular weight is 283 g/mol. The van der Waals surface area contributed by atoms with E-state index in [0.717, 1.165) is 13.0 Å². The van der Waals surface area contributed by atoms with Crippen molar-refractivity contribution in [1.29, 1.82) is 0 Å². The minimum atomic E-state index is 1.01. The van der Waals surface area contributed by atoms with Crippen LogP contribution in [0.5, 0.6) is 0 Å². The van der Waals surface area contributed by atoms with Gasteiger partial charge in [0.25, 0.3) is 0 Å². The van der Waals surface area contributed by atoms with E-state index in [1.165, 1.54) is 44.1 Å². The number of hydrogen-bond acceptors (Lipinski definition) is 0. The van der Waals surface area contributed by atoms with E-state index in [1.54, 1.807) is 0 Å². The standard InChI is InChI=1S/C21H17N/c1-2-22-19-10-6-5-9-17(19)21-18-13-14-7-3-4-8-15(14)16(18)11-12-20(21)22/h3-12H,2,13H2,1H3. The van der Waals surface area contributed by atoms with Gasteiger partial charge >= 0.3 is 0 Å². The third-order valence-corrected chi connectivity index (χ3v) is 5.04. The minimum Gasteiger partial charge on any atom is -0.341 e. The maximum absolute atomic E-state index is 2.44. The van der Waals surface area contributed by atoms with Gasteiger partial charge < -0.3 is 4.57 Å². The highest BCUT2D eigenvalue weighted by Crippen LogP contribution is 2.43. The van der Waals surface area contributed by atoms with Gasteiger partial charge in [-0.25, -0.2) is 0 Å². The number of para-hydroxylation sites is 1. The Kier molecular flexibility index (Phi) is 2.32. The Hall–Kier alpha value is -2.54. The number of aryl methyl sites for hydroxylation is 1. The molecule has 3 aromatic carbocycles. The van der Waals surface area contributed by atoms with E-state index < -0.39 is 0 Å². The molecule has 5 rings (SSSR count). The molecule has 1 heteroatoms. The van der Waals surface area contributed by atoms with Crippen molar-refractivity contribution in [3.8, 4) is 11.1 Å². The van der Waals surface area contributed by atoms with Gasteiger partial charge in [0.05, 0.1) is 0 Å². The summed E-state index contributed by atoms with van der Waals surface area (Å²) in [6.07, 6.45) is 1.06. The van der Waals surface area contributed by atoms with Gasteiger partial charge in [0, 0.05) is 28.4 Å². The van der Waals surface area contributed by atoms with Gasteiger partial charge in [0.15, 0.2) is 0 Å². The lowest BCUT2D eigenvalue weighted by atomic mass is 10.0. The first-order valence-electron chi connectivity index (χ1n) is 7.99. The van der Waals surface area contributed by atoms with Crippen molar-refractivity contribution < 1.29 is 0 Å². The fourth-order valence-electron chi connectivity index (χ4n) is 4.12. The van der Waals surface area contributed by atoms with E-state index in [2.05, 4.69) is 72.2 Å². The van der Waals surface area contributed by atoms with Crippen LogP contribution in [0.25, 0.3) is 32.9 Å². The summed E-state index contributed by atoms with van der Waals surface area (Å²) in [7, 11) is 0. The summed E-state index contributed by atoms with van der Waals surface area (Å²) in [5.74, 6) is 0. The summed E-state index contributed by atoms with van der Waals surface area (Å²) in [4.78, 5) is 0. The fraction of sp³-hybridized carbons (Fsp3) is 0.143. The molecule has 0 unspecified atom stereocenters. The maximum Gasteiger partial charge on any atom is 0.0494 e. The predicted octanol–water partition coefficient (Wildman–Crippen LogP) is 5.39. The van der Waals surface area contributed by atoms with Crippen molar-refractivity contribution in [3.05, 3.63) is 71.8 Å². The van der Waals surface area contributed by atoms with Crippen molar-refractivity contribution >= 4 is 21.8 Å². The van der Waals surface area contributed by atoms with E-state index in [4.69, 9.17) is 0 Å². The first-order valence-corrected chi connectivity index (χ1v) is 7.99. The van der Waals surface area contributed by atoms with Crippen LogP contribution >= 0.6 is 0 Å². The maximum atomic E-state index is 2.44. The number of hydrogen-bond donors (Lipinski definition) is 0. The van der Waals surface area contributed by atoms with Crippen LogP contribution in [-0.2, 0) is 13.0 Å². The predicted molar refractivity (Wildman–Crippen MR) is 93.4 cm³/mol. The molecule has 0 N–H and O–H groups in total. The molecule has 1 aromatic heterocycles. The van der Waals surface area contributed by atoms with Gasteiger partial charge in [-0.15, -0.1) is 0 Å². The van der Waals surface area contributed by atoms with Crippen molar-refractivity contribution in [2.75, 3.05) is 0 Å². The van der Waals surface area contributed by atoms with Crippen LogP contribution in [0.15, 0.2) is 60.7 Å².